The average Bonchev–Trinajstić information content (AvgIpc) is 2.26. The molecule has 0 fully saturated rings. The van der Waals surface area contributed by atoms with Crippen LogP contribution in [0.1, 0.15) is 33.6 Å². The van der Waals surface area contributed by atoms with Crippen molar-refractivity contribution < 1.29 is 4.79 Å². The SMILES string of the molecule is CCCC(C)(C)NCC(=O)Nc1cccc(Cl)c1. The third-order valence-electron chi connectivity index (χ3n) is 2.71. The zero-order chi connectivity index (χ0) is 13.6. The van der Waals surface area contributed by atoms with Crippen LogP contribution >= 0.6 is 11.6 Å². The summed E-state index contributed by atoms with van der Waals surface area (Å²) in [5.74, 6) is -0.0542. The van der Waals surface area contributed by atoms with Crippen molar-refractivity contribution >= 4 is 23.2 Å². The van der Waals surface area contributed by atoms with Crippen molar-refractivity contribution in [3.8, 4) is 0 Å². The molecule has 0 saturated heterocycles. The highest BCUT2D eigenvalue weighted by molar-refractivity contribution is 6.30. The highest BCUT2D eigenvalue weighted by Gasteiger charge is 2.16. The van der Waals surface area contributed by atoms with E-state index in [9.17, 15) is 4.79 Å². The largest absolute Gasteiger partial charge is 0.325 e. The van der Waals surface area contributed by atoms with Crippen molar-refractivity contribution in [3.05, 3.63) is 29.3 Å². The molecule has 0 aliphatic rings. The van der Waals surface area contributed by atoms with Crippen LogP contribution in [0.5, 0.6) is 0 Å². The molecule has 1 aromatic carbocycles. The summed E-state index contributed by atoms with van der Waals surface area (Å²) in [6.45, 7) is 6.64. The Bertz CT molecular complexity index is 405. The first-order valence-corrected chi connectivity index (χ1v) is 6.61. The lowest BCUT2D eigenvalue weighted by Gasteiger charge is -2.25. The fraction of sp³-hybridized carbons (Fsp3) is 0.500. The van der Waals surface area contributed by atoms with E-state index in [1.165, 1.54) is 0 Å². The monoisotopic (exact) mass is 268 g/mol. The molecule has 4 heteroatoms. The van der Waals surface area contributed by atoms with Gasteiger partial charge in [0.2, 0.25) is 5.91 Å². The van der Waals surface area contributed by atoms with Crippen molar-refractivity contribution in [1.29, 1.82) is 0 Å². The number of rotatable bonds is 6. The molecule has 2 N–H and O–H groups in total. The summed E-state index contributed by atoms with van der Waals surface area (Å²) in [7, 11) is 0. The number of hydrogen-bond donors (Lipinski definition) is 2. The molecule has 0 aromatic heterocycles. The Kier molecular flexibility index (Phi) is 5.63. The summed E-state index contributed by atoms with van der Waals surface area (Å²) in [6.07, 6.45) is 2.13. The molecule has 0 saturated carbocycles. The first-order valence-electron chi connectivity index (χ1n) is 6.23. The molecular weight excluding hydrogens is 248 g/mol. The zero-order valence-electron chi connectivity index (χ0n) is 11.2. The van der Waals surface area contributed by atoms with Gasteiger partial charge in [0.15, 0.2) is 0 Å². The Hall–Kier alpha value is -1.06. The van der Waals surface area contributed by atoms with E-state index < -0.39 is 0 Å². The summed E-state index contributed by atoms with van der Waals surface area (Å²) in [5.41, 5.74) is 0.711. The smallest absolute Gasteiger partial charge is 0.238 e. The van der Waals surface area contributed by atoms with E-state index in [-0.39, 0.29) is 11.4 Å². The van der Waals surface area contributed by atoms with Crippen LogP contribution in [0.3, 0.4) is 0 Å². The van der Waals surface area contributed by atoms with Crippen LogP contribution in [0.15, 0.2) is 24.3 Å². The molecule has 0 atom stereocenters. The third kappa shape index (κ3) is 5.52. The fourth-order valence-electron chi connectivity index (χ4n) is 1.80. The number of amides is 1. The summed E-state index contributed by atoms with van der Waals surface area (Å²) in [6, 6.07) is 7.14. The maximum absolute atomic E-state index is 11.8. The Morgan fingerprint density at radius 1 is 1.39 bits per heavy atom. The van der Waals surface area contributed by atoms with Crippen molar-refractivity contribution in [2.45, 2.75) is 39.2 Å². The van der Waals surface area contributed by atoms with Crippen LogP contribution in [0.4, 0.5) is 5.69 Å². The van der Waals surface area contributed by atoms with Crippen molar-refractivity contribution in [2.24, 2.45) is 0 Å². The van der Waals surface area contributed by atoms with E-state index in [0.29, 0.717) is 11.6 Å². The number of benzene rings is 1. The molecule has 0 aliphatic carbocycles. The standard InChI is InChI=1S/C14H21ClN2O/c1-4-8-14(2,3)16-10-13(18)17-12-7-5-6-11(15)9-12/h5-7,9,16H,4,8,10H2,1-3H3,(H,17,18). The second-order valence-electron chi connectivity index (χ2n) is 5.05. The molecule has 1 rings (SSSR count). The maximum Gasteiger partial charge on any atom is 0.238 e. The molecule has 0 bridgehead atoms. The normalized spacial score (nSPS) is 11.3. The van der Waals surface area contributed by atoms with Gasteiger partial charge in [0.1, 0.15) is 0 Å². The molecule has 1 aromatic rings. The number of hydrogen-bond acceptors (Lipinski definition) is 2. The maximum atomic E-state index is 11.8. The van der Waals surface area contributed by atoms with Crippen LogP contribution in [0.2, 0.25) is 5.02 Å². The van der Waals surface area contributed by atoms with Gasteiger partial charge in [-0.15, -0.1) is 0 Å². The molecule has 18 heavy (non-hydrogen) atoms. The highest BCUT2D eigenvalue weighted by atomic mass is 35.5. The minimum atomic E-state index is -0.0542. The van der Waals surface area contributed by atoms with E-state index in [1.54, 1.807) is 12.1 Å². The summed E-state index contributed by atoms with van der Waals surface area (Å²) < 4.78 is 0. The van der Waals surface area contributed by atoms with Gasteiger partial charge < -0.3 is 10.6 Å². The van der Waals surface area contributed by atoms with Crippen molar-refractivity contribution in [2.75, 3.05) is 11.9 Å². The quantitative estimate of drug-likeness (QED) is 0.830. The molecule has 0 radical (unpaired) electrons. The third-order valence-corrected chi connectivity index (χ3v) is 2.95. The Morgan fingerprint density at radius 3 is 2.72 bits per heavy atom. The lowest BCUT2D eigenvalue weighted by atomic mass is 9.99. The van der Waals surface area contributed by atoms with Crippen LogP contribution in [-0.4, -0.2) is 18.0 Å². The molecule has 0 unspecified atom stereocenters. The van der Waals surface area contributed by atoms with Crippen molar-refractivity contribution in [3.63, 3.8) is 0 Å². The molecular formula is C14H21ClN2O. The first-order chi connectivity index (χ1) is 8.43. The number of carbonyl (C=O) groups is 1. The summed E-state index contributed by atoms with van der Waals surface area (Å²) >= 11 is 5.85. The topological polar surface area (TPSA) is 41.1 Å². The Balaban J connectivity index is 2.43. The molecule has 0 spiro atoms. The summed E-state index contributed by atoms with van der Waals surface area (Å²) in [4.78, 5) is 11.8. The molecule has 100 valence electrons. The number of carbonyl (C=O) groups excluding carboxylic acids is 1. The van der Waals surface area contributed by atoms with E-state index in [1.807, 2.05) is 12.1 Å². The number of nitrogens with one attached hydrogen (secondary N) is 2. The predicted molar refractivity (Wildman–Crippen MR) is 77.1 cm³/mol. The van der Waals surface area contributed by atoms with Gasteiger partial charge in [-0.1, -0.05) is 31.0 Å². The van der Waals surface area contributed by atoms with Gasteiger partial charge in [-0.2, -0.15) is 0 Å². The fourth-order valence-corrected chi connectivity index (χ4v) is 1.99. The van der Waals surface area contributed by atoms with Gasteiger partial charge >= 0.3 is 0 Å². The number of halogens is 1. The van der Waals surface area contributed by atoms with Gasteiger partial charge in [0, 0.05) is 16.2 Å². The average molecular weight is 269 g/mol. The highest BCUT2D eigenvalue weighted by Crippen LogP contribution is 2.15. The van der Waals surface area contributed by atoms with Crippen LogP contribution in [-0.2, 0) is 4.79 Å². The molecule has 3 nitrogen and oxygen atoms in total. The minimum Gasteiger partial charge on any atom is -0.325 e. The number of anilines is 1. The van der Waals surface area contributed by atoms with Crippen LogP contribution in [0, 0.1) is 0 Å². The first kappa shape index (κ1) is 15.0. The van der Waals surface area contributed by atoms with Gasteiger partial charge in [0.25, 0.3) is 0 Å². The van der Waals surface area contributed by atoms with Crippen LogP contribution in [0.25, 0.3) is 0 Å². The van der Waals surface area contributed by atoms with Crippen molar-refractivity contribution in [1.82, 2.24) is 5.32 Å². The van der Waals surface area contributed by atoms with Crippen LogP contribution < -0.4 is 10.6 Å². The minimum absolute atomic E-state index is 0.0135. The van der Waals surface area contributed by atoms with Gasteiger partial charge in [-0.3, -0.25) is 4.79 Å². The van der Waals surface area contributed by atoms with E-state index in [0.717, 1.165) is 18.5 Å². The predicted octanol–water partition coefficient (Wildman–Crippen LogP) is 3.45. The molecule has 1 amide bonds. The molecule has 0 heterocycles. The summed E-state index contributed by atoms with van der Waals surface area (Å²) in [5, 5.41) is 6.68. The lowest BCUT2D eigenvalue weighted by Crippen LogP contribution is -2.43. The Labute approximate surface area is 114 Å². The Morgan fingerprint density at radius 2 is 2.11 bits per heavy atom. The van der Waals surface area contributed by atoms with Gasteiger partial charge in [0.05, 0.1) is 6.54 Å². The van der Waals surface area contributed by atoms with E-state index >= 15 is 0 Å². The second kappa shape index (κ2) is 6.76. The second-order valence-corrected chi connectivity index (χ2v) is 5.48. The lowest BCUT2D eigenvalue weighted by molar-refractivity contribution is -0.115. The van der Waals surface area contributed by atoms with Gasteiger partial charge in [-0.25, -0.2) is 0 Å². The van der Waals surface area contributed by atoms with E-state index in [4.69, 9.17) is 11.6 Å². The van der Waals surface area contributed by atoms with Gasteiger partial charge in [-0.05, 0) is 38.5 Å². The molecule has 0 aliphatic heterocycles. The van der Waals surface area contributed by atoms with E-state index in [2.05, 4.69) is 31.4 Å². The zero-order valence-corrected chi connectivity index (χ0v) is 12.0.